The summed E-state index contributed by atoms with van der Waals surface area (Å²) in [6.07, 6.45) is 6.25. The van der Waals surface area contributed by atoms with Gasteiger partial charge in [0.2, 0.25) is 0 Å². The normalized spacial score (nSPS) is 19.1. The first-order valence-corrected chi connectivity index (χ1v) is 3.51. The van der Waals surface area contributed by atoms with Crippen molar-refractivity contribution in [1.29, 1.82) is 0 Å². The lowest BCUT2D eigenvalue weighted by Crippen LogP contribution is -1.81. The summed E-state index contributed by atoms with van der Waals surface area (Å²) in [6.45, 7) is 0.132. The maximum Gasteiger partial charge on any atom is 0.0822 e. The Balaban J connectivity index is 1.74. The second-order valence-electron chi connectivity index (χ2n) is 2.64. The highest BCUT2D eigenvalue weighted by molar-refractivity contribution is 4.72. The summed E-state index contributed by atoms with van der Waals surface area (Å²) in [6, 6.07) is 0. The molecule has 0 N–H and O–H groups in total. The average Bonchev–Trinajstić information content (AvgIpc) is 2.51. The lowest BCUT2D eigenvalue weighted by atomic mass is 10.2. The van der Waals surface area contributed by atoms with Crippen molar-refractivity contribution < 1.29 is 5.11 Å². The van der Waals surface area contributed by atoms with Gasteiger partial charge in [0.25, 0.3) is 0 Å². The van der Waals surface area contributed by atoms with Crippen LogP contribution in [0.1, 0.15) is 32.1 Å². The van der Waals surface area contributed by atoms with Crippen LogP contribution < -0.4 is 0 Å². The van der Waals surface area contributed by atoms with Crippen LogP contribution in [0.4, 0.5) is 0 Å². The molecule has 0 heterocycles. The highest BCUT2D eigenvalue weighted by Crippen LogP contribution is 2.33. The van der Waals surface area contributed by atoms with E-state index in [0.717, 1.165) is 12.3 Å². The highest BCUT2D eigenvalue weighted by Gasteiger charge is 2.19. The van der Waals surface area contributed by atoms with Crippen molar-refractivity contribution >= 4 is 0 Å². The average molecular weight is 113 g/mol. The van der Waals surface area contributed by atoms with Gasteiger partial charge in [0.15, 0.2) is 0 Å². The molecular formula is C7H13O. The summed E-state index contributed by atoms with van der Waals surface area (Å²) in [4.78, 5) is 0. The van der Waals surface area contributed by atoms with Crippen molar-refractivity contribution in [2.45, 2.75) is 32.1 Å². The van der Waals surface area contributed by atoms with E-state index in [-0.39, 0.29) is 6.61 Å². The van der Waals surface area contributed by atoms with Crippen LogP contribution in [0.25, 0.3) is 0 Å². The van der Waals surface area contributed by atoms with E-state index in [9.17, 15) is 5.11 Å². The largest absolute Gasteiger partial charge is 0.237 e. The van der Waals surface area contributed by atoms with Crippen molar-refractivity contribution in [2.24, 2.45) is 5.92 Å². The molecule has 1 aliphatic rings. The zero-order valence-electron chi connectivity index (χ0n) is 5.23. The molecule has 1 saturated carbocycles. The quantitative estimate of drug-likeness (QED) is 0.497. The third-order valence-electron chi connectivity index (χ3n) is 1.70. The molecule has 1 heteroatoms. The topological polar surface area (TPSA) is 19.9 Å². The Bertz CT molecular complexity index is 57.4. The molecule has 0 bridgehead atoms. The second kappa shape index (κ2) is 3.08. The van der Waals surface area contributed by atoms with Gasteiger partial charge < -0.3 is 0 Å². The third-order valence-corrected chi connectivity index (χ3v) is 1.70. The Hall–Kier alpha value is -0.0400. The molecule has 1 fully saturated rings. The maximum absolute atomic E-state index is 9.93. The van der Waals surface area contributed by atoms with Crippen LogP contribution in [0.2, 0.25) is 0 Å². The van der Waals surface area contributed by atoms with Gasteiger partial charge in [0.05, 0.1) is 6.61 Å². The molecule has 0 amide bonds. The standard InChI is InChI=1S/C7H13O/c8-6-2-1-3-7-4-5-7/h7H,1-6H2. The predicted molar refractivity (Wildman–Crippen MR) is 32.1 cm³/mol. The summed E-state index contributed by atoms with van der Waals surface area (Å²) in [5, 5.41) is 9.93. The minimum Gasteiger partial charge on any atom is -0.237 e. The van der Waals surface area contributed by atoms with E-state index in [2.05, 4.69) is 0 Å². The number of unbranched alkanes of at least 4 members (excludes halogenated alkanes) is 1. The van der Waals surface area contributed by atoms with E-state index in [1.54, 1.807) is 0 Å². The molecule has 0 aromatic heterocycles. The van der Waals surface area contributed by atoms with Crippen LogP contribution in [-0.4, -0.2) is 6.61 Å². The predicted octanol–water partition coefficient (Wildman–Crippen LogP) is 2.00. The molecule has 0 aliphatic heterocycles. The van der Waals surface area contributed by atoms with Crippen LogP contribution in [-0.2, 0) is 5.11 Å². The van der Waals surface area contributed by atoms with Crippen molar-refractivity contribution in [2.75, 3.05) is 6.61 Å². The lowest BCUT2D eigenvalue weighted by molar-refractivity contribution is 0.185. The van der Waals surface area contributed by atoms with Gasteiger partial charge in [-0.3, -0.25) is 0 Å². The molecule has 1 radical (unpaired) electrons. The Morgan fingerprint density at radius 2 is 2.00 bits per heavy atom. The second-order valence-corrected chi connectivity index (χ2v) is 2.64. The van der Waals surface area contributed by atoms with E-state index >= 15 is 0 Å². The summed E-state index contributed by atoms with van der Waals surface area (Å²) in [5.74, 6) is 1.02. The van der Waals surface area contributed by atoms with Crippen molar-refractivity contribution in [3.8, 4) is 0 Å². The smallest absolute Gasteiger partial charge is 0.0822 e. The minimum atomic E-state index is 0.132. The first-order valence-electron chi connectivity index (χ1n) is 3.51. The molecule has 0 unspecified atom stereocenters. The summed E-state index contributed by atoms with van der Waals surface area (Å²) in [5.41, 5.74) is 0. The molecule has 0 saturated heterocycles. The number of hydrogen-bond acceptors (Lipinski definition) is 0. The SMILES string of the molecule is [O]CCCCC1CC1. The van der Waals surface area contributed by atoms with Crippen LogP contribution in [0, 0.1) is 5.92 Å². The van der Waals surface area contributed by atoms with Crippen LogP contribution in [0.15, 0.2) is 0 Å². The van der Waals surface area contributed by atoms with Crippen molar-refractivity contribution in [1.82, 2.24) is 0 Å². The summed E-state index contributed by atoms with van der Waals surface area (Å²) >= 11 is 0. The van der Waals surface area contributed by atoms with Crippen LogP contribution in [0.3, 0.4) is 0 Å². The molecule has 0 atom stereocenters. The molecular weight excluding hydrogens is 100 g/mol. The van der Waals surface area contributed by atoms with E-state index in [1.165, 1.54) is 25.7 Å². The summed E-state index contributed by atoms with van der Waals surface area (Å²) in [7, 11) is 0. The fourth-order valence-corrected chi connectivity index (χ4v) is 0.942. The van der Waals surface area contributed by atoms with E-state index in [4.69, 9.17) is 0 Å². The molecule has 1 aliphatic carbocycles. The lowest BCUT2D eigenvalue weighted by Gasteiger charge is -1.91. The third kappa shape index (κ3) is 2.31. The molecule has 1 rings (SSSR count). The van der Waals surface area contributed by atoms with Gasteiger partial charge in [-0.1, -0.05) is 25.7 Å². The molecule has 0 spiro atoms. The zero-order chi connectivity index (χ0) is 5.82. The molecule has 0 aromatic carbocycles. The number of rotatable bonds is 4. The first-order chi connectivity index (χ1) is 3.93. The Morgan fingerprint density at radius 3 is 2.50 bits per heavy atom. The first kappa shape index (κ1) is 6.09. The van der Waals surface area contributed by atoms with E-state index in [1.807, 2.05) is 0 Å². The molecule has 8 heavy (non-hydrogen) atoms. The fourth-order valence-electron chi connectivity index (χ4n) is 0.942. The van der Waals surface area contributed by atoms with E-state index in [0.29, 0.717) is 0 Å². The van der Waals surface area contributed by atoms with Crippen molar-refractivity contribution in [3.05, 3.63) is 0 Å². The molecule has 47 valence electrons. The van der Waals surface area contributed by atoms with E-state index < -0.39 is 0 Å². The maximum atomic E-state index is 9.93. The Kier molecular flexibility index (Phi) is 2.34. The van der Waals surface area contributed by atoms with Crippen LogP contribution in [0.5, 0.6) is 0 Å². The fraction of sp³-hybridized carbons (Fsp3) is 1.00. The highest BCUT2D eigenvalue weighted by atomic mass is 16.2. The van der Waals surface area contributed by atoms with Gasteiger partial charge in [-0.05, 0) is 12.3 Å². The van der Waals surface area contributed by atoms with Gasteiger partial charge in [0, 0.05) is 0 Å². The van der Waals surface area contributed by atoms with Gasteiger partial charge in [-0.2, -0.15) is 0 Å². The Morgan fingerprint density at radius 1 is 1.25 bits per heavy atom. The number of hydrogen-bond donors (Lipinski definition) is 0. The monoisotopic (exact) mass is 113 g/mol. The molecule has 0 aromatic rings. The minimum absolute atomic E-state index is 0.132. The Labute approximate surface area is 50.7 Å². The van der Waals surface area contributed by atoms with Crippen molar-refractivity contribution in [3.63, 3.8) is 0 Å². The molecule has 1 nitrogen and oxygen atoms in total. The van der Waals surface area contributed by atoms with Crippen LogP contribution >= 0.6 is 0 Å². The van der Waals surface area contributed by atoms with Gasteiger partial charge in [-0.15, -0.1) is 0 Å². The van der Waals surface area contributed by atoms with Gasteiger partial charge in [-0.25, -0.2) is 5.11 Å². The van der Waals surface area contributed by atoms with Gasteiger partial charge >= 0.3 is 0 Å². The zero-order valence-corrected chi connectivity index (χ0v) is 5.23. The summed E-state index contributed by atoms with van der Waals surface area (Å²) < 4.78 is 0. The van der Waals surface area contributed by atoms with Gasteiger partial charge in [0.1, 0.15) is 0 Å².